The van der Waals surface area contributed by atoms with Gasteiger partial charge in [0.05, 0.1) is 5.69 Å². The van der Waals surface area contributed by atoms with Gasteiger partial charge < -0.3 is 14.6 Å². The topological polar surface area (TPSA) is 28.4 Å². The van der Waals surface area contributed by atoms with Crippen LogP contribution in [0.2, 0.25) is 0 Å². The van der Waals surface area contributed by atoms with Gasteiger partial charge in [-0.3, -0.25) is 0 Å². The van der Waals surface area contributed by atoms with E-state index in [0.29, 0.717) is 0 Å². The third kappa shape index (κ3) is 3.60. The maximum absolute atomic E-state index is 6.16. The van der Waals surface area contributed by atoms with Crippen molar-refractivity contribution in [3.8, 4) is 0 Å². The SMILES string of the molecule is c1ccc(N(c2ccccc2)c2ccc(Nc3cccc4c3oc3ccccc34)cc2)cc1. The molecule has 1 heterocycles. The van der Waals surface area contributed by atoms with Gasteiger partial charge in [-0.1, -0.05) is 66.7 Å². The number of anilines is 5. The maximum Gasteiger partial charge on any atom is 0.158 e. The molecular weight excluding hydrogens is 404 g/mol. The highest BCUT2D eigenvalue weighted by Crippen LogP contribution is 2.37. The van der Waals surface area contributed by atoms with Crippen LogP contribution in [-0.4, -0.2) is 0 Å². The molecule has 5 aromatic carbocycles. The zero-order chi connectivity index (χ0) is 22.0. The second-order valence-electron chi connectivity index (χ2n) is 7.96. The highest BCUT2D eigenvalue weighted by atomic mass is 16.3. The lowest BCUT2D eigenvalue weighted by Crippen LogP contribution is -2.09. The van der Waals surface area contributed by atoms with Gasteiger partial charge in [-0.2, -0.15) is 0 Å². The third-order valence-electron chi connectivity index (χ3n) is 5.84. The van der Waals surface area contributed by atoms with Crippen molar-refractivity contribution >= 4 is 50.4 Å². The lowest BCUT2D eigenvalue weighted by atomic mass is 10.1. The highest BCUT2D eigenvalue weighted by Gasteiger charge is 2.13. The van der Waals surface area contributed by atoms with Crippen molar-refractivity contribution in [2.45, 2.75) is 0 Å². The van der Waals surface area contributed by atoms with Gasteiger partial charge in [0, 0.05) is 33.5 Å². The Kier molecular flexibility index (Phi) is 4.78. The van der Waals surface area contributed by atoms with Gasteiger partial charge in [-0.05, 0) is 60.7 Å². The van der Waals surface area contributed by atoms with E-state index in [4.69, 9.17) is 4.42 Å². The van der Waals surface area contributed by atoms with E-state index in [2.05, 4.69) is 107 Å². The Bertz CT molecular complexity index is 1480. The van der Waals surface area contributed by atoms with Crippen LogP contribution in [0, 0.1) is 0 Å². The molecule has 0 saturated heterocycles. The van der Waals surface area contributed by atoms with Crippen molar-refractivity contribution in [1.82, 2.24) is 0 Å². The van der Waals surface area contributed by atoms with Crippen LogP contribution in [0.3, 0.4) is 0 Å². The highest BCUT2D eigenvalue weighted by molar-refractivity contribution is 6.09. The lowest BCUT2D eigenvalue weighted by molar-refractivity contribution is 0.670. The van der Waals surface area contributed by atoms with Crippen LogP contribution in [-0.2, 0) is 0 Å². The molecule has 158 valence electrons. The fourth-order valence-corrected chi connectivity index (χ4v) is 4.30. The van der Waals surface area contributed by atoms with E-state index in [0.717, 1.165) is 50.4 Å². The predicted octanol–water partition coefficient (Wildman–Crippen LogP) is 8.80. The van der Waals surface area contributed by atoms with Gasteiger partial charge >= 0.3 is 0 Å². The van der Waals surface area contributed by atoms with E-state index >= 15 is 0 Å². The van der Waals surface area contributed by atoms with Crippen molar-refractivity contribution in [3.05, 3.63) is 127 Å². The zero-order valence-corrected chi connectivity index (χ0v) is 18.0. The normalized spacial score (nSPS) is 11.0. The number of nitrogens with one attached hydrogen (secondary N) is 1. The molecular formula is C30H22N2O. The number of hydrogen-bond donors (Lipinski definition) is 1. The number of furan rings is 1. The van der Waals surface area contributed by atoms with Crippen LogP contribution in [0.15, 0.2) is 132 Å². The summed E-state index contributed by atoms with van der Waals surface area (Å²) in [7, 11) is 0. The average Bonchev–Trinajstić information content (AvgIpc) is 3.27. The Morgan fingerprint density at radius 2 is 1.06 bits per heavy atom. The Labute approximate surface area is 192 Å². The predicted molar refractivity (Wildman–Crippen MR) is 138 cm³/mol. The van der Waals surface area contributed by atoms with Crippen molar-refractivity contribution < 1.29 is 4.42 Å². The summed E-state index contributed by atoms with van der Waals surface area (Å²) in [5.74, 6) is 0. The fourth-order valence-electron chi connectivity index (χ4n) is 4.30. The number of fused-ring (bicyclic) bond motifs is 3. The van der Waals surface area contributed by atoms with Crippen LogP contribution in [0.4, 0.5) is 28.4 Å². The van der Waals surface area contributed by atoms with Crippen molar-refractivity contribution in [1.29, 1.82) is 0 Å². The first kappa shape index (κ1) is 19.2. The molecule has 0 aliphatic rings. The summed E-state index contributed by atoms with van der Waals surface area (Å²) in [5.41, 5.74) is 7.08. The second-order valence-corrected chi connectivity index (χ2v) is 7.96. The molecule has 1 N–H and O–H groups in total. The fraction of sp³-hybridized carbons (Fsp3) is 0. The Morgan fingerprint density at radius 1 is 0.485 bits per heavy atom. The van der Waals surface area contributed by atoms with Crippen molar-refractivity contribution in [2.75, 3.05) is 10.2 Å². The number of benzene rings is 5. The van der Waals surface area contributed by atoms with Crippen LogP contribution in [0.5, 0.6) is 0 Å². The van der Waals surface area contributed by atoms with E-state index in [9.17, 15) is 0 Å². The Hall–Kier alpha value is -4.50. The summed E-state index contributed by atoms with van der Waals surface area (Å²) < 4.78 is 6.16. The summed E-state index contributed by atoms with van der Waals surface area (Å²) in [5, 5.41) is 5.79. The second kappa shape index (κ2) is 8.21. The van der Waals surface area contributed by atoms with Gasteiger partial charge in [0.25, 0.3) is 0 Å². The summed E-state index contributed by atoms with van der Waals surface area (Å²) in [6, 6.07) is 43.7. The van der Waals surface area contributed by atoms with E-state index in [1.165, 1.54) is 0 Å². The smallest absolute Gasteiger partial charge is 0.158 e. The molecule has 0 bridgehead atoms. The molecule has 0 aliphatic heterocycles. The van der Waals surface area contributed by atoms with E-state index in [1.807, 2.05) is 30.3 Å². The van der Waals surface area contributed by atoms with Gasteiger partial charge in [0.15, 0.2) is 5.58 Å². The van der Waals surface area contributed by atoms with Crippen molar-refractivity contribution in [2.24, 2.45) is 0 Å². The molecule has 3 nitrogen and oxygen atoms in total. The number of rotatable bonds is 5. The van der Waals surface area contributed by atoms with Gasteiger partial charge in [0.2, 0.25) is 0 Å². The molecule has 1 aromatic heterocycles. The molecule has 0 saturated carbocycles. The zero-order valence-electron chi connectivity index (χ0n) is 18.0. The Morgan fingerprint density at radius 3 is 1.76 bits per heavy atom. The third-order valence-corrected chi connectivity index (χ3v) is 5.84. The van der Waals surface area contributed by atoms with Gasteiger partial charge in [-0.25, -0.2) is 0 Å². The monoisotopic (exact) mass is 426 g/mol. The van der Waals surface area contributed by atoms with Gasteiger partial charge in [-0.15, -0.1) is 0 Å². The summed E-state index contributed by atoms with van der Waals surface area (Å²) in [4.78, 5) is 2.25. The molecule has 6 rings (SSSR count). The molecule has 0 spiro atoms. The van der Waals surface area contributed by atoms with Crippen molar-refractivity contribution in [3.63, 3.8) is 0 Å². The lowest BCUT2D eigenvalue weighted by Gasteiger charge is -2.25. The number of nitrogens with zero attached hydrogens (tertiary/aromatic N) is 1. The van der Waals surface area contributed by atoms with Crippen LogP contribution < -0.4 is 10.2 Å². The number of hydrogen-bond acceptors (Lipinski definition) is 3. The first-order chi connectivity index (χ1) is 16.4. The summed E-state index contributed by atoms with van der Waals surface area (Å²) in [6.07, 6.45) is 0. The van der Waals surface area contributed by atoms with E-state index < -0.39 is 0 Å². The molecule has 0 aliphatic carbocycles. The van der Waals surface area contributed by atoms with Crippen LogP contribution in [0.25, 0.3) is 21.9 Å². The van der Waals surface area contributed by atoms with Crippen LogP contribution in [0.1, 0.15) is 0 Å². The van der Waals surface area contributed by atoms with E-state index in [-0.39, 0.29) is 0 Å². The van der Waals surface area contributed by atoms with Crippen LogP contribution >= 0.6 is 0 Å². The molecule has 33 heavy (non-hydrogen) atoms. The largest absolute Gasteiger partial charge is 0.454 e. The molecule has 3 heteroatoms. The Balaban J connectivity index is 1.35. The first-order valence-corrected chi connectivity index (χ1v) is 11.0. The quantitative estimate of drug-likeness (QED) is 0.298. The molecule has 0 atom stereocenters. The average molecular weight is 427 g/mol. The minimum absolute atomic E-state index is 0.873. The first-order valence-electron chi connectivity index (χ1n) is 11.0. The summed E-state index contributed by atoms with van der Waals surface area (Å²) in [6.45, 7) is 0. The number of para-hydroxylation sites is 4. The summed E-state index contributed by atoms with van der Waals surface area (Å²) >= 11 is 0. The van der Waals surface area contributed by atoms with E-state index in [1.54, 1.807) is 0 Å². The maximum atomic E-state index is 6.16. The van der Waals surface area contributed by atoms with Gasteiger partial charge in [0.1, 0.15) is 5.58 Å². The molecule has 6 aromatic rings. The molecule has 0 fully saturated rings. The molecule has 0 unspecified atom stereocenters. The minimum atomic E-state index is 0.873. The standard InChI is InChI=1S/C30H22N2O/c1-3-10-23(11-4-1)32(24-12-5-2-6-13-24)25-20-18-22(19-21-25)31-28-16-9-15-27-26-14-7-8-17-29(26)33-30(27)28/h1-21,31H. The molecule has 0 radical (unpaired) electrons. The minimum Gasteiger partial charge on any atom is -0.454 e. The molecule has 0 amide bonds.